The summed E-state index contributed by atoms with van der Waals surface area (Å²) in [5.41, 5.74) is 6.03. The molecule has 0 saturated heterocycles. The Balaban J connectivity index is 2.15. The van der Waals surface area contributed by atoms with Crippen LogP contribution in [0.4, 0.5) is 5.69 Å². The number of ether oxygens (including phenoxy) is 1. The van der Waals surface area contributed by atoms with Gasteiger partial charge in [0.05, 0.1) is 11.5 Å². The first-order valence-corrected chi connectivity index (χ1v) is 7.20. The van der Waals surface area contributed by atoms with Gasteiger partial charge in [0.1, 0.15) is 5.69 Å². The summed E-state index contributed by atoms with van der Waals surface area (Å²) in [5, 5.41) is 2.94. The standard InChI is InChI=1S/C15H23N3O2/c1-11(2)20-13-12(6-5-9-17-13)18-14(19)15(10-16)7-3-4-8-15/h5-6,9,11H,3-4,7-8,10,16H2,1-2H3,(H,18,19). The van der Waals surface area contributed by atoms with Crippen LogP contribution in [0.5, 0.6) is 5.88 Å². The maximum absolute atomic E-state index is 12.5. The lowest BCUT2D eigenvalue weighted by atomic mass is 9.85. The number of nitrogens with zero attached hydrogens (tertiary/aromatic N) is 1. The Hall–Kier alpha value is -1.62. The molecular formula is C15H23N3O2. The van der Waals surface area contributed by atoms with Crippen molar-refractivity contribution in [2.45, 2.75) is 45.6 Å². The van der Waals surface area contributed by atoms with Crippen LogP contribution in [0.25, 0.3) is 0 Å². The number of pyridine rings is 1. The van der Waals surface area contributed by atoms with E-state index in [1.807, 2.05) is 19.9 Å². The number of nitrogens with two attached hydrogens (primary N) is 1. The Kier molecular flexibility index (Phi) is 4.60. The van der Waals surface area contributed by atoms with E-state index in [4.69, 9.17) is 10.5 Å². The molecule has 0 spiro atoms. The number of aromatic nitrogens is 1. The van der Waals surface area contributed by atoms with Crippen molar-refractivity contribution in [1.82, 2.24) is 4.98 Å². The van der Waals surface area contributed by atoms with Crippen molar-refractivity contribution in [3.8, 4) is 5.88 Å². The predicted octanol–water partition coefficient (Wildman–Crippen LogP) is 2.33. The van der Waals surface area contributed by atoms with Crippen LogP contribution in [0.1, 0.15) is 39.5 Å². The Morgan fingerprint density at radius 2 is 2.20 bits per heavy atom. The van der Waals surface area contributed by atoms with E-state index in [-0.39, 0.29) is 12.0 Å². The van der Waals surface area contributed by atoms with Crippen molar-refractivity contribution in [1.29, 1.82) is 0 Å². The van der Waals surface area contributed by atoms with E-state index in [0.717, 1.165) is 25.7 Å². The van der Waals surface area contributed by atoms with E-state index >= 15 is 0 Å². The highest BCUT2D eigenvalue weighted by atomic mass is 16.5. The van der Waals surface area contributed by atoms with E-state index in [0.29, 0.717) is 18.1 Å². The Labute approximate surface area is 119 Å². The Morgan fingerprint density at radius 3 is 2.80 bits per heavy atom. The van der Waals surface area contributed by atoms with Gasteiger partial charge in [0.15, 0.2) is 0 Å². The molecule has 0 unspecified atom stereocenters. The molecule has 0 bridgehead atoms. The molecule has 3 N–H and O–H groups in total. The number of anilines is 1. The van der Waals surface area contributed by atoms with Crippen LogP contribution in [0, 0.1) is 5.41 Å². The summed E-state index contributed by atoms with van der Waals surface area (Å²) in [5.74, 6) is 0.445. The van der Waals surface area contributed by atoms with Gasteiger partial charge in [-0.3, -0.25) is 4.79 Å². The third-order valence-corrected chi connectivity index (χ3v) is 3.80. The van der Waals surface area contributed by atoms with Crippen molar-refractivity contribution in [2.75, 3.05) is 11.9 Å². The van der Waals surface area contributed by atoms with Gasteiger partial charge in [-0.2, -0.15) is 0 Å². The zero-order valence-corrected chi connectivity index (χ0v) is 12.2. The second-order valence-electron chi connectivity index (χ2n) is 5.67. The molecule has 110 valence electrons. The second-order valence-corrected chi connectivity index (χ2v) is 5.67. The van der Waals surface area contributed by atoms with Crippen molar-refractivity contribution in [3.05, 3.63) is 18.3 Å². The summed E-state index contributed by atoms with van der Waals surface area (Å²) in [4.78, 5) is 16.7. The number of carbonyl (C=O) groups excluding carboxylic acids is 1. The molecule has 1 aliphatic rings. The summed E-state index contributed by atoms with van der Waals surface area (Å²) >= 11 is 0. The van der Waals surface area contributed by atoms with E-state index in [9.17, 15) is 4.79 Å². The van der Waals surface area contributed by atoms with Crippen molar-refractivity contribution < 1.29 is 9.53 Å². The zero-order chi connectivity index (χ0) is 14.6. The fourth-order valence-corrected chi connectivity index (χ4v) is 2.63. The molecule has 1 fully saturated rings. The van der Waals surface area contributed by atoms with Crippen LogP contribution >= 0.6 is 0 Å². The third-order valence-electron chi connectivity index (χ3n) is 3.80. The molecule has 1 heterocycles. The highest BCUT2D eigenvalue weighted by molar-refractivity contribution is 5.96. The summed E-state index contributed by atoms with van der Waals surface area (Å²) in [6, 6.07) is 3.59. The normalized spacial score (nSPS) is 17.2. The first-order chi connectivity index (χ1) is 9.57. The van der Waals surface area contributed by atoms with Gasteiger partial charge in [-0.25, -0.2) is 4.98 Å². The van der Waals surface area contributed by atoms with Gasteiger partial charge in [0.25, 0.3) is 0 Å². The van der Waals surface area contributed by atoms with Crippen molar-refractivity contribution >= 4 is 11.6 Å². The van der Waals surface area contributed by atoms with Crippen LogP contribution < -0.4 is 15.8 Å². The van der Waals surface area contributed by atoms with Crippen LogP contribution in [0.3, 0.4) is 0 Å². The largest absolute Gasteiger partial charge is 0.473 e. The van der Waals surface area contributed by atoms with Gasteiger partial charge in [-0.1, -0.05) is 12.8 Å². The maximum atomic E-state index is 12.5. The monoisotopic (exact) mass is 277 g/mol. The molecule has 0 atom stereocenters. The molecule has 1 aromatic rings. The highest BCUT2D eigenvalue weighted by Gasteiger charge is 2.40. The minimum Gasteiger partial charge on any atom is -0.473 e. The van der Waals surface area contributed by atoms with Crippen LogP contribution in [-0.2, 0) is 4.79 Å². The SMILES string of the molecule is CC(C)Oc1ncccc1NC(=O)C1(CN)CCCC1. The van der Waals surface area contributed by atoms with Crippen LogP contribution in [0.15, 0.2) is 18.3 Å². The molecule has 20 heavy (non-hydrogen) atoms. The zero-order valence-electron chi connectivity index (χ0n) is 12.2. The van der Waals surface area contributed by atoms with E-state index in [1.54, 1.807) is 12.3 Å². The second kappa shape index (κ2) is 6.22. The fraction of sp³-hybridized carbons (Fsp3) is 0.600. The van der Waals surface area contributed by atoms with E-state index in [2.05, 4.69) is 10.3 Å². The smallest absolute Gasteiger partial charge is 0.238 e. The minimum absolute atomic E-state index is 0.00972. The molecule has 1 aliphatic carbocycles. The third kappa shape index (κ3) is 3.10. The topological polar surface area (TPSA) is 77.2 Å². The lowest BCUT2D eigenvalue weighted by molar-refractivity contribution is -0.124. The summed E-state index contributed by atoms with van der Waals surface area (Å²) in [7, 11) is 0. The highest BCUT2D eigenvalue weighted by Crippen LogP contribution is 2.38. The van der Waals surface area contributed by atoms with Crippen LogP contribution in [0.2, 0.25) is 0 Å². The number of rotatable bonds is 5. The van der Waals surface area contributed by atoms with Gasteiger partial charge in [0.2, 0.25) is 11.8 Å². The van der Waals surface area contributed by atoms with Crippen molar-refractivity contribution in [2.24, 2.45) is 11.1 Å². The average molecular weight is 277 g/mol. The average Bonchev–Trinajstić information content (AvgIpc) is 2.90. The van der Waals surface area contributed by atoms with Gasteiger partial charge in [0, 0.05) is 12.7 Å². The fourth-order valence-electron chi connectivity index (χ4n) is 2.63. The van der Waals surface area contributed by atoms with Gasteiger partial charge < -0.3 is 15.8 Å². The molecule has 1 aromatic heterocycles. The summed E-state index contributed by atoms with van der Waals surface area (Å²) in [6.07, 6.45) is 5.50. The lowest BCUT2D eigenvalue weighted by Crippen LogP contribution is -2.40. The lowest BCUT2D eigenvalue weighted by Gasteiger charge is -2.26. The van der Waals surface area contributed by atoms with Gasteiger partial charge >= 0.3 is 0 Å². The Bertz CT molecular complexity index is 468. The maximum Gasteiger partial charge on any atom is 0.238 e. The molecule has 0 radical (unpaired) electrons. The van der Waals surface area contributed by atoms with E-state index in [1.165, 1.54) is 0 Å². The number of nitrogens with one attached hydrogen (secondary N) is 1. The summed E-state index contributed by atoms with van der Waals surface area (Å²) < 4.78 is 5.62. The quantitative estimate of drug-likeness (QED) is 0.866. The first kappa shape index (κ1) is 14.8. The minimum atomic E-state index is -0.426. The molecule has 5 heteroatoms. The molecular weight excluding hydrogens is 254 g/mol. The van der Waals surface area contributed by atoms with Gasteiger partial charge in [-0.05, 0) is 38.8 Å². The number of hydrogen-bond acceptors (Lipinski definition) is 4. The summed E-state index contributed by atoms with van der Waals surface area (Å²) in [6.45, 7) is 4.25. The van der Waals surface area contributed by atoms with E-state index < -0.39 is 5.41 Å². The predicted molar refractivity (Wildman–Crippen MR) is 78.6 cm³/mol. The molecule has 0 aromatic carbocycles. The molecule has 1 saturated carbocycles. The number of hydrogen-bond donors (Lipinski definition) is 2. The molecule has 1 amide bonds. The molecule has 5 nitrogen and oxygen atoms in total. The first-order valence-electron chi connectivity index (χ1n) is 7.20. The number of amides is 1. The molecule has 2 rings (SSSR count). The van der Waals surface area contributed by atoms with Crippen molar-refractivity contribution in [3.63, 3.8) is 0 Å². The number of carbonyl (C=O) groups is 1. The Morgan fingerprint density at radius 1 is 1.50 bits per heavy atom. The van der Waals surface area contributed by atoms with Crippen LogP contribution in [-0.4, -0.2) is 23.5 Å². The molecule has 0 aliphatic heterocycles. The van der Waals surface area contributed by atoms with Gasteiger partial charge in [-0.15, -0.1) is 0 Å².